The van der Waals surface area contributed by atoms with Crippen LogP contribution < -0.4 is 10.5 Å². The third-order valence-corrected chi connectivity index (χ3v) is 4.54. The molecule has 6 nitrogen and oxygen atoms in total. The molecule has 1 heterocycles. The van der Waals surface area contributed by atoms with E-state index >= 15 is 0 Å². The fraction of sp³-hybridized carbons (Fsp3) is 0.231. The number of hydrogen-bond acceptors (Lipinski definition) is 4. The minimum Gasteiger partial charge on any atom is -0.389 e. The molecule has 21 heavy (non-hydrogen) atoms. The summed E-state index contributed by atoms with van der Waals surface area (Å²) in [6.07, 6.45) is 3.21. The van der Waals surface area contributed by atoms with Gasteiger partial charge in [0.25, 0.3) is 0 Å². The fourth-order valence-corrected chi connectivity index (χ4v) is 3.57. The van der Waals surface area contributed by atoms with Crippen molar-refractivity contribution in [3.63, 3.8) is 0 Å². The maximum absolute atomic E-state index is 12.2. The highest BCUT2D eigenvalue weighted by atomic mass is 32.2. The molecule has 0 saturated carbocycles. The van der Waals surface area contributed by atoms with Crippen LogP contribution in [-0.2, 0) is 15.8 Å². The molecule has 1 aromatic carbocycles. The van der Waals surface area contributed by atoms with Crippen LogP contribution in [0, 0.1) is 0 Å². The van der Waals surface area contributed by atoms with E-state index in [1.165, 1.54) is 0 Å². The first-order valence-corrected chi connectivity index (χ1v) is 8.32. The number of rotatable bonds is 6. The van der Waals surface area contributed by atoms with Gasteiger partial charge < -0.3 is 10.7 Å². The molecule has 0 spiro atoms. The predicted molar refractivity (Wildman–Crippen MR) is 85.1 cm³/mol. The van der Waals surface area contributed by atoms with Gasteiger partial charge >= 0.3 is 0 Å². The smallest absolute Gasteiger partial charge is 0.216 e. The summed E-state index contributed by atoms with van der Waals surface area (Å²) in [5.74, 6) is 0.368. The Morgan fingerprint density at radius 2 is 2.19 bits per heavy atom. The molecule has 0 aliphatic carbocycles. The minimum atomic E-state index is -3.54. The number of nitrogens with two attached hydrogens (primary N) is 1. The first-order valence-electron chi connectivity index (χ1n) is 6.26. The van der Waals surface area contributed by atoms with Crippen molar-refractivity contribution in [1.29, 1.82) is 0 Å². The molecular weight excluding hydrogens is 308 g/mol. The van der Waals surface area contributed by atoms with Gasteiger partial charge in [-0.2, -0.15) is 0 Å². The van der Waals surface area contributed by atoms with Crippen LogP contribution in [0.5, 0.6) is 0 Å². The Bertz CT molecular complexity index is 726. The van der Waals surface area contributed by atoms with Gasteiger partial charge in [-0.15, -0.1) is 0 Å². The van der Waals surface area contributed by atoms with Crippen LogP contribution in [0.4, 0.5) is 0 Å². The number of nitrogens with zero attached hydrogens (tertiary/aromatic N) is 1. The zero-order valence-corrected chi connectivity index (χ0v) is 13.0. The molecule has 1 atom stereocenters. The summed E-state index contributed by atoms with van der Waals surface area (Å²) in [7, 11) is -3.54. The number of benzene rings is 1. The zero-order chi connectivity index (χ0) is 15.5. The number of aromatic nitrogens is 2. The number of imidazole rings is 1. The number of H-pyrrole nitrogens is 1. The van der Waals surface area contributed by atoms with Gasteiger partial charge in [-0.25, -0.2) is 18.1 Å². The lowest BCUT2D eigenvalue weighted by atomic mass is 10.1. The lowest BCUT2D eigenvalue weighted by Gasteiger charge is -2.13. The molecule has 1 unspecified atom stereocenters. The van der Waals surface area contributed by atoms with Crippen LogP contribution in [0.1, 0.15) is 29.9 Å². The predicted octanol–water partition coefficient (Wildman–Crippen LogP) is 1.22. The van der Waals surface area contributed by atoms with Crippen molar-refractivity contribution in [1.82, 2.24) is 14.7 Å². The van der Waals surface area contributed by atoms with Crippen molar-refractivity contribution in [2.24, 2.45) is 5.73 Å². The summed E-state index contributed by atoms with van der Waals surface area (Å²) in [5.41, 5.74) is 6.76. The van der Waals surface area contributed by atoms with E-state index in [1.807, 2.05) is 0 Å². The maximum Gasteiger partial charge on any atom is 0.216 e. The van der Waals surface area contributed by atoms with Crippen molar-refractivity contribution < 1.29 is 8.42 Å². The Balaban J connectivity index is 2.17. The first kappa shape index (κ1) is 15.6. The van der Waals surface area contributed by atoms with Gasteiger partial charge in [0.2, 0.25) is 10.0 Å². The maximum atomic E-state index is 12.2. The summed E-state index contributed by atoms with van der Waals surface area (Å²) < 4.78 is 27.1. The van der Waals surface area contributed by atoms with Gasteiger partial charge in [0.05, 0.1) is 11.8 Å². The summed E-state index contributed by atoms with van der Waals surface area (Å²) in [6, 6.07) is 6.49. The molecule has 8 heteroatoms. The standard InChI is InChI=1S/C13H16N4O2S2/c1-9(13-15-6-7-16-13)17-21(18,19)8-10-4-2-3-5-11(10)12(14)20/h2-7,9,17H,8H2,1H3,(H2,14,20)(H,15,16). The minimum absolute atomic E-state index is 0.180. The van der Waals surface area contributed by atoms with E-state index in [9.17, 15) is 8.42 Å². The molecule has 2 rings (SSSR count). The fourth-order valence-electron chi connectivity index (χ4n) is 1.97. The van der Waals surface area contributed by atoms with Crippen LogP contribution in [-0.4, -0.2) is 23.4 Å². The van der Waals surface area contributed by atoms with E-state index in [1.54, 1.807) is 43.6 Å². The van der Waals surface area contributed by atoms with E-state index < -0.39 is 16.1 Å². The molecule has 112 valence electrons. The Kier molecular flexibility index (Phi) is 4.71. The summed E-state index contributed by atoms with van der Waals surface area (Å²) in [4.78, 5) is 7.08. The summed E-state index contributed by atoms with van der Waals surface area (Å²) >= 11 is 4.94. The third kappa shape index (κ3) is 4.10. The van der Waals surface area contributed by atoms with Crippen molar-refractivity contribution in [3.8, 4) is 0 Å². The number of nitrogens with one attached hydrogen (secondary N) is 2. The van der Waals surface area contributed by atoms with Gasteiger partial charge in [-0.05, 0) is 12.5 Å². The average Bonchev–Trinajstić information content (AvgIpc) is 2.91. The molecule has 2 aromatic rings. The summed E-state index contributed by atoms with van der Waals surface area (Å²) in [6.45, 7) is 1.72. The summed E-state index contributed by atoms with van der Waals surface area (Å²) in [5, 5.41) is 0. The lowest BCUT2D eigenvalue weighted by Crippen LogP contribution is -2.29. The van der Waals surface area contributed by atoms with Crippen LogP contribution >= 0.6 is 12.2 Å². The van der Waals surface area contributed by atoms with Crippen LogP contribution in [0.25, 0.3) is 0 Å². The monoisotopic (exact) mass is 324 g/mol. The number of hydrogen-bond donors (Lipinski definition) is 3. The topological polar surface area (TPSA) is 101 Å². The SMILES string of the molecule is CC(NS(=O)(=O)Cc1ccccc1C(N)=S)c1ncc[nH]1. The molecule has 0 bridgehead atoms. The number of sulfonamides is 1. The molecular formula is C13H16N4O2S2. The average molecular weight is 324 g/mol. The van der Waals surface area contributed by atoms with Crippen LogP contribution in [0.3, 0.4) is 0 Å². The molecule has 4 N–H and O–H groups in total. The quantitative estimate of drug-likeness (QED) is 0.694. The highest BCUT2D eigenvalue weighted by Crippen LogP contribution is 2.14. The van der Waals surface area contributed by atoms with Gasteiger partial charge in [0, 0.05) is 18.0 Å². The Hall–Kier alpha value is -1.77. The first-order chi connectivity index (χ1) is 9.89. The third-order valence-electron chi connectivity index (χ3n) is 2.91. The molecule has 0 aliphatic rings. The van der Waals surface area contributed by atoms with Crippen molar-refractivity contribution in [2.45, 2.75) is 18.7 Å². The van der Waals surface area contributed by atoms with E-state index in [-0.39, 0.29) is 10.7 Å². The molecule has 1 aromatic heterocycles. The largest absolute Gasteiger partial charge is 0.389 e. The van der Waals surface area contributed by atoms with E-state index in [4.69, 9.17) is 18.0 Å². The highest BCUT2D eigenvalue weighted by Gasteiger charge is 2.19. The molecule has 0 amide bonds. The second kappa shape index (κ2) is 6.33. The number of thiocarbonyl (C=S) groups is 1. The van der Waals surface area contributed by atoms with Crippen LogP contribution in [0.15, 0.2) is 36.7 Å². The Morgan fingerprint density at radius 3 is 2.81 bits per heavy atom. The van der Waals surface area contributed by atoms with Crippen molar-refractivity contribution in [2.75, 3.05) is 0 Å². The molecule has 0 aliphatic heterocycles. The van der Waals surface area contributed by atoms with E-state index in [0.29, 0.717) is 17.0 Å². The normalized spacial score (nSPS) is 13.0. The van der Waals surface area contributed by atoms with Gasteiger partial charge in [-0.3, -0.25) is 0 Å². The second-order valence-electron chi connectivity index (χ2n) is 4.59. The van der Waals surface area contributed by atoms with Crippen molar-refractivity contribution in [3.05, 3.63) is 53.6 Å². The van der Waals surface area contributed by atoms with Gasteiger partial charge in [0.15, 0.2) is 0 Å². The van der Waals surface area contributed by atoms with Crippen molar-refractivity contribution >= 4 is 27.2 Å². The molecule has 0 saturated heterocycles. The van der Waals surface area contributed by atoms with E-state index in [2.05, 4.69) is 14.7 Å². The number of aromatic amines is 1. The molecule has 0 radical (unpaired) electrons. The van der Waals surface area contributed by atoms with Crippen LogP contribution in [0.2, 0.25) is 0 Å². The van der Waals surface area contributed by atoms with Gasteiger partial charge in [-0.1, -0.05) is 36.5 Å². The molecule has 0 fully saturated rings. The van der Waals surface area contributed by atoms with E-state index in [0.717, 1.165) is 0 Å². The second-order valence-corrected chi connectivity index (χ2v) is 6.79. The van der Waals surface area contributed by atoms with Gasteiger partial charge in [0.1, 0.15) is 10.8 Å². The lowest BCUT2D eigenvalue weighted by molar-refractivity contribution is 0.560. The zero-order valence-electron chi connectivity index (χ0n) is 11.4. The Morgan fingerprint density at radius 1 is 1.48 bits per heavy atom. The highest BCUT2D eigenvalue weighted by molar-refractivity contribution is 7.88. The Labute approximate surface area is 128 Å².